The van der Waals surface area contributed by atoms with Crippen LogP contribution in [0.25, 0.3) is 12.2 Å². The minimum Gasteiger partial charge on any atom is -0.405 e. The standard InChI is InChI=1S/C13H18N2/c1-10(2)11(3)9-13-12(6-7-14)5-4-8-15-13/h4-10H,14H2,1-3H3/b7-6-,11-9+. The Kier molecular flexibility index (Phi) is 4.10. The highest BCUT2D eigenvalue weighted by Gasteiger charge is 2.00. The van der Waals surface area contributed by atoms with Crippen molar-refractivity contribution in [3.8, 4) is 0 Å². The van der Waals surface area contributed by atoms with E-state index in [2.05, 4.69) is 31.8 Å². The summed E-state index contributed by atoms with van der Waals surface area (Å²) >= 11 is 0. The molecule has 1 rings (SSSR count). The quantitative estimate of drug-likeness (QED) is 0.818. The van der Waals surface area contributed by atoms with Gasteiger partial charge < -0.3 is 5.73 Å². The van der Waals surface area contributed by atoms with Gasteiger partial charge in [-0.1, -0.05) is 25.5 Å². The molecule has 0 amide bonds. The third kappa shape index (κ3) is 3.24. The molecule has 0 saturated carbocycles. The molecule has 2 heteroatoms. The molecule has 0 unspecified atom stereocenters. The monoisotopic (exact) mass is 202 g/mol. The normalized spacial score (nSPS) is 12.7. The van der Waals surface area contributed by atoms with Gasteiger partial charge in [0.05, 0.1) is 5.69 Å². The minimum absolute atomic E-state index is 0.543. The summed E-state index contributed by atoms with van der Waals surface area (Å²) in [6, 6.07) is 3.92. The van der Waals surface area contributed by atoms with Crippen LogP contribution in [0, 0.1) is 5.92 Å². The van der Waals surface area contributed by atoms with Gasteiger partial charge in [0, 0.05) is 11.8 Å². The fraction of sp³-hybridized carbons (Fsp3) is 0.308. The van der Waals surface area contributed by atoms with Gasteiger partial charge in [-0.05, 0) is 37.3 Å². The zero-order valence-corrected chi connectivity index (χ0v) is 9.57. The van der Waals surface area contributed by atoms with Crippen molar-refractivity contribution in [2.45, 2.75) is 20.8 Å². The molecule has 1 aromatic heterocycles. The maximum absolute atomic E-state index is 5.39. The van der Waals surface area contributed by atoms with E-state index in [-0.39, 0.29) is 0 Å². The molecule has 0 aliphatic rings. The van der Waals surface area contributed by atoms with Crippen LogP contribution in [0.3, 0.4) is 0 Å². The highest BCUT2D eigenvalue weighted by molar-refractivity contribution is 5.63. The topological polar surface area (TPSA) is 38.9 Å². The highest BCUT2D eigenvalue weighted by atomic mass is 14.7. The lowest BCUT2D eigenvalue weighted by Gasteiger charge is -2.06. The fourth-order valence-electron chi connectivity index (χ4n) is 1.18. The predicted octanol–water partition coefficient (Wildman–Crippen LogP) is 3.07. The Morgan fingerprint density at radius 2 is 2.20 bits per heavy atom. The van der Waals surface area contributed by atoms with Gasteiger partial charge in [0.2, 0.25) is 0 Å². The van der Waals surface area contributed by atoms with Crippen LogP contribution < -0.4 is 5.73 Å². The number of hydrogen-bond donors (Lipinski definition) is 1. The zero-order valence-electron chi connectivity index (χ0n) is 9.57. The molecular formula is C13H18N2. The van der Waals surface area contributed by atoms with E-state index in [9.17, 15) is 0 Å². The molecule has 1 aromatic rings. The molecule has 2 nitrogen and oxygen atoms in total. The number of aromatic nitrogens is 1. The third-order valence-electron chi connectivity index (χ3n) is 2.42. The molecule has 0 aliphatic heterocycles. The lowest BCUT2D eigenvalue weighted by Crippen LogP contribution is -1.92. The largest absolute Gasteiger partial charge is 0.405 e. The second kappa shape index (κ2) is 5.35. The van der Waals surface area contributed by atoms with Gasteiger partial charge in [-0.2, -0.15) is 0 Å². The van der Waals surface area contributed by atoms with E-state index in [1.165, 1.54) is 5.57 Å². The van der Waals surface area contributed by atoms with Gasteiger partial charge in [-0.15, -0.1) is 0 Å². The first-order valence-electron chi connectivity index (χ1n) is 5.16. The predicted molar refractivity (Wildman–Crippen MR) is 65.9 cm³/mol. The third-order valence-corrected chi connectivity index (χ3v) is 2.42. The molecule has 0 fully saturated rings. The van der Waals surface area contributed by atoms with E-state index >= 15 is 0 Å². The zero-order chi connectivity index (χ0) is 11.3. The van der Waals surface area contributed by atoms with Crippen LogP contribution >= 0.6 is 0 Å². The number of nitrogens with zero attached hydrogens (tertiary/aromatic N) is 1. The molecule has 0 atom stereocenters. The maximum atomic E-state index is 5.39. The summed E-state index contributed by atoms with van der Waals surface area (Å²) < 4.78 is 0. The number of pyridine rings is 1. The Morgan fingerprint density at radius 1 is 1.47 bits per heavy atom. The summed E-state index contributed by atoms with van der Waals surface area (Å²) in [7, 11) is 0. The lowest BCUT2D eigenvalue weighted by molar-refractivity contribution is 0.775. The van der Waals surface area contributed by atoms with E-state index in [1.54, 1.807) is 12.4 Å². The molecule has 0 radical (unpaired) electrons. The number of hydrogen-bond acceptors (Lipinski definition) is 2. The number of nitrogens with two attached hydrogens (primary N) is 1. The molecule has 0 saturated heterocycles. The van der Waals surface area contributed by atoms with Crippen LogP contribution in [-0.4, -0.2) is 4.98 Å². The van der Waals surface area contributed by atoms with Crippen molar-refractivity contribution in [1.29, 1.82) is 0 Å². The molecule has 0 bridgehead atoms. The van der Waals surface area contributed by atoms with Gasteiger partial charge in [0.15, 0.2) is 0 Å². The first-order chi connectivity index (χ1) is 7.15. The smallest absolute Gasteiger partial charge is 0.0702 e. The van der Waals surface area contributed by atoms with E-state index in [0.29, 0.717) is 5.92 Å². The van der Waals surface area contributed by atoms with Crippen LogP contribution in [0.2, 0.25) is 0 Å². The van der Waals surface area contributed by atoms with Crippen molar-refractivity contribution in [2.75, 3.05) is 0 Å². The van der Waals surface area contributed by atoms with E-state index in [4.69, 9.17) is 5.73 Å². The van der Waals surface area contributed by atoms with E-state index in [0.717, 1.165) is 11.3 Å². The average Bonchev–Trinajstić information content (AvgIpc) is 2.21. The molecule has 15 heavy (non-hydrogen) atoms. The van der Waals surface area contributed by atoms with E-state index < -0.39 is 0 Å². The molecule has 2 N–H and O–H groups in total. The summed E-state index contributed by atoms with van der Waals surface area (Å²) in [5, 5.41) is 0. The minimum atomic E-state index is 0.543. The molecule has 0 aromatic carbocycles. The average molecular weight is 202 g/mol. The summed E-state index contributed by atoms with van der Waals surface area (Å²) in [6.07, 6.45) is 7.32. The Bertz CT molecular complexity index is 376. The molecule has 0 spiro atoms. The Balaban J connectivity index is 3.08. The number of allylic oxidation sites excluding steroid dienone is 1. The summed E-state index contributed by atoms with van der Waals surface area (Å²) in [4.78, 5) is 4.34. The van der Waals surface area contributed by atoms with Crippen LogP contribution in [-0.2, 0) is 0 Å². The van der Waals surface area contributed by atoms with Crippen LogP contribution in [0.4, 0.5) is 0 Å². The van der Waals surface area contributed by atoms with Crippen LogP contribution in [0.15, 0.2) is 30.1 Å². The van der Waals surface area contributed by atoms with Gasteiger partial charge in [0.1, 0.15) is 0 Å². The summed E-state index contributed by atoms with van der Waals surface area (Å²) in [5.74, 6) is 0.543. The van der Waals surface area contributed by atoms with Crippen molar-refractivity contribution in [3.05, 3.63) is 41.4 Å². The molecule has 0 aliphatic carbocycles. The Hall–Kier alpha value is -1.57. The second-order valence-corrected chi connectivity index (χ2v) is 3.88. The van der Waals surface area contributed by atoms with Crippen molar-refractivity contribution < 1.29 is 0 Å². The summed E-state index contributed by atoms with van der Waals surface area (Å²) in [6.45, 7) is 6.47. The van der Waals surface area contributed by atoms with E-state index in [1.807, 2.05) is 18.2 Å². The Labute approximate surface area is 91.5 Å². The van der Waals surface area contributed by atoms with Crippen LogP contribution in [0.1, 0.15) is 32.0 Å². The summed E-state index contributed by atoms with van der Waals surface area (Å²) in [5.41, 5.74) is 8.74. The first-order valence-corrected chi connectivity index (χ1v) is 5.16. The highest BCUT2D eigenvalue weighted by Crippen LogP contribution is 2.16. The van der Waals surface area contributed by atoms with Crippen molar-refractivity contribution in [1.82, 2.24) is 4.98 Å². The fourth-order valence-corrected chi connectivity index (χ4v) is 1.18. The Morgan fingerprint density at radius 3 is 2.80 bits per heavy atom. The van der Waals surface area contributed by atoms with Crippen molar-refractivity contribution >= 4 is 12.2 Å². The maximum Gasteiger partial charge on any atom is 0.0702 e. The van der Waals surface area contributed by atoms with Crippen molar-refractivity contribution in [2.24, 2.45) is 11.7 Å². The number of rotatable bonds is 3. The van der Waals surface area contributed by atoms with Gasteiger partial charge >= 0.3 is 0 Å². The second-order valence-electron chi connectivity index (χ2n) is 3.88. The van der Waals surface area contributed by atoms with Gasteiger partial charge in [-0.25, -0.2) is 0 Å². The van der Waals surface area contributed by atoms with Crippen LogP contribution in [0.5, 0.6) is 0 Å². The van der Waals surface area contributed by atoms with Gasteiger partial charge in [0.25, 0.3) is 0 Å². The lowest BCUT2D eigenvalue weighted by atomic mass is 10.0. The molecular weight excluding hydrogens is 184 g/mol. The molecule has 1 heterocycles. The SMILES string of the molecule is C/C(=C\c1ncccc1/C=C\N)C(C)C. The first kappa shape index (κ1) is 11.5. The molecule has 80 valence electrons. The van der Waals surface area contributed by atoms with Crippen molar-refractivity contribution in [3.63, 3.8) is 0 Å². The van der Waals surface area contributed by atoms with Gasteiger partial charge in [-0.3, -0.25) is 4.98 Å².